The molecule has 0 spiro atoms. The van der Waals surface area contributed by atoms with Gasteiger partial charge in [-0.15, -0.1) is 0 Å². The van der Waals surface area contributed by atoms with Crippen molar-refractivity contribution in [2.24, 2.45) is 0 Å². The van der Waals surface area contributed by atoms with Crippen molar-refractivity contribution < 1.29 is 31.8 Å². The molecule has 0 unspecified atom stereocenters. The van der Waals surface area contributed by atoms with Crippen molar-refractivity contribution in [1.29, 1.82) is 0 Å². The van der Waals surface area contributed by atoms with Crippen LogP contribution in [0.15, 0.2) is 60.7 Å². The van der Waals surface area contributed by atoms with E-state index in [9.17, 15) is 8.78 Å². The van der Waals surface area contributed by atoms with Crippen LogP contribution in [-0.4, -0.2) is 26.1 Å². The second-order valence-corrected chi connectivity index (χ2v) is 9.29. The van der Waals surface area contributed by atoms with Crippen molar-refractivity contribution in [3.8, 4) is 28.0 Å². The summed E-state index contributed by atoms with van der Waals surface area (Å²) in [6, 6.07) is 12.1. The predicted molar refractivity (Wildman–Crippen MR) is 140 cm³/mol. The SMILES string of the molecule is C/C=C/CCC1OCC(c2ccc(-c3ccc(-c4ccc(OCCCC)c(F)c4F)cc3)c(F)c2F)CO1. The topological polar surface area (TPSA) is 27.7 Å². The molecule has 3 aromatic rings. The van der Waals surface area contributed by atoms with Gasteiger partial charge in [-0.25, -0.2) is 13.2 Å². The van der Waals surface area contributed by atoms with Crippen molar-refractivity contribution in [3.05, 3.63) is 89.5 Å². The van der Waals surface area contributed by atoms with Crippen molar-refractivity contribution in [3.63, 3.8) is 0 Å². The lowest BCUT2D eigenvalue weighted by molar-refractivity contribution is -0.189. The van der Waals surface area contributed by atoms with Crippen LogP contribution in [0.3, 0.4) is 0 Å². The minimum atomic E-state index is -1.05. The van der Waals surface area contributed by atoms with Gasteiger partial charge in [0.15, 0.2) is 29.5 Å². The van der Waals surface area contributed by atoms with Gasteiger partial charge >= 0.3 is 0 Å². The molecule has 1 aliphatic heterocycles. The highest BCUT2D eigenvalue weighted by molar-refractivity contribution is 5.72. The first kappa shape index (κ1) is 27.9. The van der Waals surface area contributed by atoms with Crippen LogP contribution in [0, 0.1) is 23.3 Å². The summed E-state index contributed by atoms with van der Waals surface area (Å²) in [4.78, 5) is 0. The van der Waals surface area contributed by atoms with Crippen LogP contribution in [0.2, 0.25) is 0 Å². The zero-order valence-corrected chi connectivity index (χ0v) is 21.6. The van der Waals surface area contributed by atoms with Crippen molar-refractivity contribution in [1.82, 2.24) is 0 Å². The Hall–Kier alpha value is -3.16. The van der Waals surface area contributed by atoms with Gasteiger partial charge in [0.25, 0.3) is 0 Å². The van der Waals surface area contributed by atoms with E-state index >= 15 is 8.78 Å². The molecule has 0 aliphatic carbocycles. The molecular weight excluding hydrogens is 496 g/mol. The maximum Gasteiger partial charge on any atom is 0.201 e. The van der Waals surface area contributed by atoms with E-state index in [2.05, 4.69) is 0 Å². The number of hydrogen-bond acceptors (Lipinski definition) is 3. The molecule has 1 saturated heterocycles. The van der Waals surface area contributed by atoms with Gasteiger partial charge in [-0.2, -0.15) is 4.39 Å². The summed E-state index contributed by atoms with van der Waals surface area (Å²) < 4.78 is 76.1. The summed E-state index contributed by atoms with van der Waals surface area (Å²) in [5.41, 5.74) is 1.15. The van der Waals surface area contributed by atoms with Crippen molar-refractivity contribution >= 4 is 0 Å². The van der Waals surface area contributed by atoms with Gasteiger partial charge in [-0.1, -0.05) is 61.9 Å². The minimum absolute atomic E-state index is 0.0558. The first-order valence-corrected chi connectivity index (χ1v) is 13.0. The zero-order valence-electron chi connectivity index (χ0n) is 21.6. The second kappa shape index (κ2) is 13.1. The summed E-state index contributed by atoms with van der Waals surface area (Å²) in [5, 5.41) is 0. The largest absolute Gasteiger partial charge is 0.490 e. The van der Waals surface area contributed by atoms with Crippen LogP contribution in [0.5, 0.6) is 5.75 Å². The Labute approximate surface area is 221 Å². The van der Waals surface area contributed by atoms with E-state index in [-0.39, 0.29) is 41.9 Å². The Morgan fingerprint density at radius 1 is 0.816 bits per heavy atom. The molecule has 0 amide bonds. The highest BCUT2D eigenvalue weighted by Gasteiger charge is 2.27. The lowest BCUT2D eigenvalue weighted by Gasteiger charge is -2.30. The number of hydrogen-bond donors (Lipinski definition) is 0. The van der Waals surface area contributed by atoms with E-state index in [1.807, 2.05) is 26.0 Å². The number of allylic oxidation sites excluding steroid dienone is 2. The molecule has 1 heterocycles. The third-order valence-electron chi connectivity index (χ3n) is 6.63. The van der Waals surface area contributed by atoms with Gasteiger partial charge in [0.2, 0.25) is 5.82 Å². The van der Waals surface area contributed by atoms with Gasteiger partial charge in [-0.05, 0) is 48.6 Å². The maximum atomic E-state index is 15.1. The molecule has 1 aliphatic rings. The fraction of sp³-hybridized carbons (Fsp3) is 0.355. The highest BCUT2D eigenvalue weighted by atomic mass is 19.2. The number of ether oxygens (including phenoxy) is 3. The molecule has 0 N–H and O–H groups in total. The van der Waals surface area contributed by atoms with Gasteiger partial charge in [0, 0.05) is 23.5 Å². The molecule has 4 rings (SSSR count). The predicted octanol–water partition coefficient (Wildman–Crippen LogP) is 8.57. The van der Waals surface area contributed by atoms with Crippen LogP contribution in [0.4, 0.5) is 17.6 Å². The summed E-state index contributed by atoms with van der Waals surface area (Å²) >= 11 is 0. The minimum Gasteiger partial charge on any atom is -0.490 e. The Morgan fingerprint density at radius 2 is 1.42 bits per heavy atom. The van der Waals surface area contributed by atoms with E-state index < -0.39 is 29.2 Å². The lowest BCUT2D eigenvalue weighted by atomic mass is 9.94. The normalized spacial score (nSPS) is 17.7. The summed E-state index contributed by atoms with van der Waals surface area (Å²) in [6.07, 6.45) is 6.77. The van der Waals surface area contributed by atoms with Crippen LogP contribution in [-0.2, 0) is 9.47 Å². The molecule has 7 heteroatoms. The molecule has 202 valence electrons. The number of unbranched alkanes of at least 4 members (excludes halogenated alkanes) is 1. The molecule has 0 bridgehead atoms. The molecule has 0 aromatic heterocycles. The Balaban J connectivity index is 1.48. The molecule has 0 atom stereocenters. The fourth-order valence-corrected chi connectivity index (χ4v) is 4.41. The Kier molecular flexibility index (Phi) is 9.58. The molecule has 1 fully saturated rings. The van der Waals surface area contributed by atoms with Crippen LogP contribution in [0.1, 0.15) is 51.0 Å². The van der Waals surface area contributed by atoms with E-state index in [0.717, 1.165) is 19.3 Å². The molecule has 3 aromatic carbocycles. The lowest BCUT2D eigenvalue weighted by Crippen LogP contribution is -2.31. The van der Waals surface area contributed by atoms with E-state index in [0.29, 0.717) is 24.2 Å². The van der Waals surface area contributed by atoms with Gasteiger partial charge in [0.1, 0.15) is 0 Å². The second-order valence-electron chi connectivity index (χ2n) is 9.29. The quantitative estimate of drug-likeness (QED) is 0.150. The first-order chi connectivity index (χ1) is 18.4. The van der Waals surface area contributed by atoms with E-state index in [4.69, 9.17) is 14.2 Å². The first-order valence-electron chi connectivity index (χ1n) is 13.0. The molecular formula is C31H32F4O3. The van der Waals surface area contributed by atoms with Crippen molar-refractivity contribution in [2.75, 3.05) is 19.8 Å². The third-order valence-corrected chi connectivity index (χ3v) is 6.63. The van der Waals surface area contributed by atoms with Crippen molar-refractivity contribution in [2.45, 2.75) is 51.7 Å². The smallest absolute Gasteiger partial charge is 0.201 e. The summed E-state index contributed by atoms with van der Waals surface area (Å²) in [5.74, 6) is -4.53. The van der Waals surface area contributed by atoms with Crippen LogP contribution >= 0.6 is 0 Å². The third kappa shape index (κ3) is 6.27. The van der Waals surface area contributed by atoms with Crippen LogP contribution < -0.4 is 4.74 Å². The van der Waals surface area contributed by atoms with Gasteiger partial charge in [0.05, 0.1) is 19.8 Å². The summed E-state index contributed by atoms with van der Waals surface area (Å²) in [6.45, 7) is 4.72. The fourth-order valence-electron chi connectivity index (χ4n) is 4.41. The van der Waals surface area contributed by atoms with Crippen LogP contribution in [0.25, 0.3) is 22.3 Å². The average molecular weight is 529 g/mol. The Morgan fingerprint density at radius 3 is 2.03 bits per heavy atom. The number of rotatable bonds is 10. The van der Waals surface area contributed by atoms with E-state index in [1.165, 1.54) is 18.2 Å². The monoisotopic (exact) mass is 528 g/mol. The van der Waals surface area contributed by atoms with Gasteiger partial charge in [-0.3, -0.25) is 0 Å². The van der Waals surface area contributed by atoms with E-state index in [1.54, 1.807) is 30.3 Å². The molecule has 38 heavy (non-hydrogen) atoms. The zero-order chi connectivity index (χ0) is 27.1. The van der Waals surface area contributed by atoms with Gasteiger partial charge < -0.3 is 14.2 Å². The number of halogens is 4. The molecule has 0 saturated carbocycles. The summed E-state index contributed by atoms with van der Waals surface area (Å²) in [7, 11) is 0. The molecule has 0 radical (unpaired) electrons. The maximum absolute atomic E-state index is 15.1. The number of benzene rings is 3. The molecule has 3 nitrogen and oxygen atoms in total. The highest BCUT2D eigenvalue weighted by Crippen LogP contribution is 2.34. The average Bonchev–Trinajstić information content (AvgIpc) is 2.94. The Bertz CT molecular complexity index is 1250. The standard InChI is InChI=1S/C31H32F4O3/c1-3-5-7-8-27-37-18-22(19-38-27)25-14-13-23(28(32)29(25)33)20-9-11-21(12-10-20)24-15-16-26(31(35)30(24)34)36-17-6-4-2/h3,5,9-16,22,27H,4,6-8,17-19H2,1-2H3/b5-3+.